The Morgan fingerprint density at radius 3 is 2.62 bits per heavy atom. The van der Waals surface area contributed by atoms with Crippen LogP contribution in [0.1, 0.15) is 34.0 Å². The van der Waals surface area contributed by atoms with E-state index < -0.39 is 0 Å². The molecule has 0 saturated heterocycles. The molecule has 0 atom stereocenters. The summed E-state index contributed by atoms with van der Waals surface area (Å²) < 4.78 is 11.4. The molecule has 4 rings (SSSR count). The Labute approximate surface area is 208 Å². The first-order chi connectivity index (χ1) is 16.2. The van der Waals surface area contributed by atoms with Gasteiger partial charge in [-0.2, -0.15) is 0 Å². The smallest absolute Gasteiger partial charge is 0.257 e. The second kappa shape index (κ2) is 9.83. The first-order valence-electron chi connectivity index (χ1n) is 10.8. The number of aromatic nitrogens is 1. The molecular weight excluding hydrogens is 470 g/mol. The van der Waals surface area contributed by atoms with Gasteiger partial charge in [0.2, 0.25) is 5.89 Å². The number of anilines is 1. The number of nitrogens with zero attached hydrogens (tertiary/aromatic N) is 1. The zero-order valence-corrected chi connectivity index (χ0v) is 20.9. The largest absolute Gasteiger partial charge is 0.492 e. The molecule has 174 valence electrons. The quantitative estimate of drug-likeness (QED) is 0.305. The molecule has 0 radical (unpaired) electrons. The van der Waals surface area contributed by atoms with Gasteiger partial charge < -0.3 is 14.5 Å². The van der Waals surface area contributed by atoms with E-state index in [4.69, 9.17) is 33.0 Å². The zero-order chi connectivity index (χ0) is 24.4. The number of aryl methyl sites for hydroxylation is 3. The highest BCUT2D eigenvalue weighted by Gasteiger charge is 2.14. The molecule has 34 heavy (non-hydrogen) atoms. The summed E-state index contributed by atoms with van der Waals surface area (Å²) >= 11 is 11.6. The number of ether oxygens (including phenoxy) is 1. The van der Waals surface area contributed by atoms with Crippen molar-refractivity contribution in [2.45, 2.75) is 27.7 Å². The van der Waals surface area contributed by atoms with Gasteiger partial charge in [-0.25, -0.2) is 4.98 Å². The van der Waals surface area contributed by atoms with Crippen molar-refractivity contribution in [1.82, 2.24) is 10.3 Å². The number of hydrogen-bond donors (Lipinski definition) is 2. The fourth-order valence-corrected chi connectivity index (χ4v) is 4.07. The molecule has 0 bridgehead atoms. The molecule has 0 spiro atoms. The van der Waals surface area contributed by atoms with E-state index in [1.54, 1.807) is 18.2 Å². The number of carbonyl (C=O) groups excluding carboxylic acids is 1. The summed E-state index contributed by atoms with van der Waals surface area (Å²) in [4.78, 5) is 17.3. The fraction of sp³-hybridized carbons (Fsp3) is 0.192. The summed E-state index contributed by atoms with van der Waals surface area (Å²) in [5, 5.41) is 6.31. The van der Waals surface area contributed by atoms with E-state index in [1.807, 2.05) is 52.0 Å². The number of oxazole rings is 1. The molecule has 0 aliphatic carbocycles. The highest BCUT2D eigenvalue weighted by molar-refractivity contribution is 7.80. The van der Waals surface area contributed by atoms with Crippen LogP contribution in [-0.4, -0.2) is 22.6 Å². The molecule has 1 amide bonds. The summed E-state index contributed by atoms with van der Waals surface area (Å²) in [5.41, 5.74) is 6.62. The SMILES string of the molecule is CCOc1ccc(C(=O)NC(=S)Nc2cc(-c3nc4cc(C)cc(C)c4o3)ccc2C)cc1Cl. The van der Waals surface area contributed by atoms with Crippen LogP contribution in [0, 0.1) is 20.8 Å². The Balaban J connectivity index is 1.51. The lowest BCUT2D eigenvalue weighted by Crippen LogP contribution is -2.34. The summed E-state index contributed by atoms with van der Waals surface area (Å²) in [6.45, 7) is 8.34. The Bertz CT molecular complexity index is 1410. The normalized spacial score (nSPS) is 10.9. The second-order valence-electron chi connectivity index (χ2n) is 7.97. The number of thiocarbonyl (C=S) groups is 1. The number of amides is 1. The van der Waals surface area contributed by atoms with Crippen LogP contribution in [0.4, 0.5) is 5.69 Å². The van der Waals surface area contributed by atoms with E-state index in [9.17, 15) is 4.79 Å². The molecule has 8 heteroatoms. The lowest BCUT2D eigenvalue weighted by Gasteiger charge is -2.13. The summed E-state index contributed by atoms with van der Waals surface area (Å²) in [7, 11) is 0. The molecule has 3 aromatic carbocycles. The van der Waals surface area contributed by atoms with Crippen LogP contribution in [0.15, 0.2) is 52.9 Å². The van der Waals surface area contributed by atoms with Crippen molar-refractivity contribution >= 4 is 51.6 Å². The number of carbonyl (C=O) groups is 1. The van der Waals surface area contributed by atoms with Crippen molar-refractivity contribution in [2.75, 3.05) is 11.9 Å². The third-order valence-corrected chi connectivity index (χ3v) is 5.77. The highest BCUT2D eigenvalue weighted by Crippen LogP contribution is 2.30. The van der Waals surface area contributed by atoms with Crippen LogP contribution in [0.5, 0.6) is 5.75 Å². The minimum atomic E-state index is -0.374. The van der Waals surface area contributed by atoms with Crippen LogP contribution in [-0.2, 0) is 0 Å². The molecular formula is C26H24ClN3O3S. The summed E-state index contributed by atoms with van der Waals surface area (Å²) in [5.74, 6) is 0.671. The van der Waals surface area contributed by atoms with Gasteiger partial charge in [-0.3, -0.25) is 10.1 Å². The minimum Gasteiger partial charge on any atom is -0.492 e. The summed E-state index contributed by atoms with van der Waals surface area (Å²) in [6.07, 6.45) is 0. The van der Waals surface area contributed by atoms with Gasteiger partial charge in [-0.1, -0.05) is 23.7 Å². The van der Waals surface area contributed by atoms with E-state index in [2.05, 4.69) is 21.7 Å². The predicted octanol–water partition coefficient (Wildman–Crippen LogP) is 6.60. The molecule has 2 N–H and O–H groups in total. The maximum Gasteiger partial charge on any atom is 0.257 e. The van der Waals surface area contributed by atoms with Gasteiger partial charge in [0, 0.05) is 16.8 Å². The van der Waals surface area contributed by atoms with Gasteiger partial charge in [0.25, 0.3) is 5.91 Å². The van der Waals surface area contributed by atoms with Crippen LogP contribution in [0.25, 0.3) is 22.6 Å². The third-order valence-electron chi connectivity index (χ3n) is 5.27. The molecule has 1 heterocycles. The van der Waals surface area contributed by atoms with Crippen LogP contribution in [0.2, 0.25) is 5.02 Å². The average Bonchev–Trinajstić information content (AvgIpc) is 3.21. The highest BCUT2D eigenvalue weighted by atomic mass is 35.5. The Morgan fingerprint density at radius 2 is 1.88 bits per heavy atom. The molecule has 6 nitrogen and oxygen atoms in total. The number of halogens is 1. The maximum atomic E-state index is 12.6. The van der Waals surface area contributed by atoms with E-state index in [-0.39, 0.29) is 11.0 Å². The van der Waals surface area contributed by atoms with Crippen LogP contribution < -0.4 is 15.4 Å². The monoisotopic (exact) mass is 493 g/mol. The van der Waals surface area contributed by atoms with Crippen molar-refractivity contribution in [3.05, 3.63) is 75.8 Å². The second-order valence-corrected chi connectivity index (χ2v) is 8.78. The van der Waals surface area contributed by atoms with Gasteiger partial charge in [0.1, 0.15) is 11.3 Å². The van der Waals surface area contributed by atoms with E-state index >= 15 is 0 Å². The van der Waals surface area contributed by atoms with Crippen molar-refractivity contribution < 1.29 is 13.9 Å². The fourth-order valence-electron chi connectivity index (χ4n) is 3.63. The van der Waals surface area contributed by atoms with Crippen molar-refractivity contribution in [1.29, 1.82) is 0 Å². The maximum absolute atomic E-state index is 12.6. The molecule has 0 aliphatic heterocycles. The predicted molar refractivity (Wildman–Crippen MR) is 140 cm³/mol. The molecule has 1 aromatic heterocycles. The lowest BCUT2D eigenvalue weighted by molar-refractivity contribution is 0.0977. The van der Waals surface area contributed by atoms with Crippen molar-refractivity contribution in [3.8, 4) is 17.2 Å². The third kappa shape index (κ3) is 5.05. The lowest BCUT2D eigenvalue weighted by atomic mass is 10.1. The Kier molecular flexibility index (Phi) is 6.86. The molecule has 0 saturated carbocycles. The van der Waals surface area contributed by atoms with E-state index in [0.29, 0.717) is 28.8 Å². The number of rotatable bonds is 5. The first kappa shape index (κ1) is 23.7. The van der Waals surface area contributed by atoms with Gasteiger partial charge in [0.05, 0.1) is 11.6 Å². The van der Waals surface area contributed by atoms with Gasteiger partial charge in [-0.15, -0.1) is 0 Å². The summed E-state index contributed by atoms with van der Waals surface area (Å²) in [6, 6.07) is 14.7. The van der Waals surface area contributed by atoms with Crippen molar-refractivity contribution in [2.24, 2.45) is 0 Å². The minimum absolute atomic E-state index is 0.166. The van der Waals surface area contributed by atoms with Crippen LogP contribution in [0.3, 0.4) is 0 Å². The Hall–Kier alpha value is -3.42. The van der Waals surface area contributed by atoms with E-state index in [1.165, 1.54) is 0 Å². The van der Waals surface area contributed by atoms with Crippen molar-refractivity contribution in [3.63, 3.8) is 0 Å². The standard InChI is InChI=1S/C26H24ClN3O3S/c1-5-32-22-9-8-17(12-19(22)27)24(31)30-26(34)29-20-13-18(7-6-15(20)3)25-28-21-11-14(2)10-16(4)23(21)33-25/h6-13H,5H2,1-4H3,(H2,29,30,31,34). The average molecular weight is 494 g/mol. The molecule has 0 aliphatic rings. The Morgan fingerprint density at radius 1 is 1.09 bits per heavy atom. The van der Waals surface area contributed by atoms with Gasteiger partial charge >= 0.3 is 0 Å². The number of benzene rings is 3. The number of nitrogens with one attached hydrogen (secondary N) is 2. The molecule has 0 unspecified atom stereocenters. The number of fused-ring (bicyclic) bond motifs is 1. The topological polar surface area (TPSA) is 76.4 Å². The van der Waals surface area contributed by atoms with Gasteiger partial charge in [-0.05, 0) is 93.0 Å². The van der Waals surface area contributed by atoms with Gasteiger partial charge in [0.15, 0.2) is 10.7 Å². The molecule has 0 fully saturated rings. The number of hydrogen-bond acceptors (Lipinski definition) is 5. The van der Waals surface area contributed by atoms with Crippen LogP contribution >= 0.6 is 23.8 Å². The zero-order valence-electron chi connectivity index (χ0n) is 19.3. The van der Waals surface area contributed by atoms with E-state index in [0.717, 1.165) is 39.0 Å². The first-order valence-corrected chi connectivity index (χ1v) is 11.6. The molecule has 4 aromatic rings.